The van der Waals surface area contributed by atoms with E-state index in [4.69, 9.17) is 20.6 Å². The lowest BCUT2D eigenvalue weighted by Gasteiger charge is -2.29. The summed E-state index contributed by atoms with van der Waals surface area (Å²) in [5.74, 6) is 2.20. The molecule has 3 fully saturated rings. The fourth-order valence-corrected chi connectivity index (χ4v) is 6.07. The van der Waals surface area contributed by atoms with Gasteiger partial charge < -0.3 is 20.1 Å². The second-order valence-corrected chi connectivity index (χ2v) is 9.02. The molecule has 6 rings (SSSR count). The predicted octanol–water partition coefficient (Wildman–Crippen LogP) is 2.49. The molecule has 0 spiro atoms. The van der Waals surface area contributed by atoms with Gasteiger partial charge in [-0.3, -0.25) is 15.1 Å². The molecule has 7 heteroatoms. The number of nitrogen functional groups attached to an aromatic ring is 1. The molecule has 0 bridgehead atoms. The van der Waals surface area contributed by atoms with Crippen LogP contribution >= 0.6 is 0 Å². The molecule has 3 N–H and O–H groups in total. The minimum absolute atomic E-state index is 0.0116. The number of nitrogens with two attached hydrogens (primary N) is 1. The Labute approximate surface area is 181 Å². The smallest absolute Gasteiger partial charge is 0.231 e. The quantitative estimate of drug-likeness (QED) is 0.588. The van der Waals surface area contributed by atoms with Crippen molar-refractivity contribution in [2.24, 2.45) is 17.6 Å². The van der Waals surface area contributed by atoms with Gasteiger partial charge >= 0.3 is 0 Å². The predicted molar refractivity (Wildman–Crippen MR) is 115 cm³/mol. The molecule has 2 aromatic carbocycles. The van der Waals surface area contributed by atoms with Crippen LogP contribution in [-0.4, -0.2) is 47.5 Å². The van der Waals surface area contributed by atoms with Gasteiger partial charge in [-0.05, 0) is 42.6 Å². The van der Waals surface area contributed by atoms with E-state index in [0.717, 1.165) is 47.7 Å². The Morgan fingerprint density at radius 3 is 2.74 bits per heavy atom. The van der Waals surface area contributed by atoms with Gasteiger partial charge in [0.15, 0.2) is 11.5 Å². The first-order valence-corrected chi connectivity index (χ1v) is 11.0. The van der Waals surface area contributed by atoms with Crippen LogP contribution in [0, 0.1) is 17.2 Å². The SMILES string of the molecule is N=C(N)c1ccc([C@H]2[C@H]3C(=O)N(Cc4ccc5c(c4)OCO5)C[C@H]3[C@@H]3CCCN32)cc1. The molecule has 4 atom stereocenters. The Bertz CT molecular complexity index is 1050. The molecule has 0 saturated carbocycles. The second kappa shape index (κ2) is 6.99. The van der Waals surface area contributed by atoms with Crippen LogP contribution in [-0.2, 0) is 11.3 Å². The number of carbonyl (C=O) groups is 1. The average molecular weight is 418 g/mol. The van der Waals surface area contributed by atoms with E-state index >= 15 is 0 Å². The Kier molecular flexibility index (Phi) is 4.21. The van der Waals surface area contributed by atoms with Gasteiger partial charge in [0, 0.05) is 36.7 Å². The minimum atomic E-state index is -0.0116. The number of likely N-dealkylation sites (tertiary alicyclic amines) is 1. The summed E-state index contributed by atoms with van der Waals surface area (Å²) in [6, 6.07) is 14.4. The molecule has 4 heterocycles. The van der Waals surface area contributed by atoms with Crippen molar-refractivity contribution in [1.29, 1.82) is 5.41 Å². The van der Waals surface area contributed by atoms with Crippen molar-refractivity contribution >= 4 is 11.7 Å². The zero-order chi connectivity index (χ0) is 21.1. The summed E-state index contributed by atoms with van der Waals surface area (Å²) < 4.78 is 10.9. The van der Waals surface area contributed by atoms with Crippen LogP contribution in [0.1, 0.15) is 35.6 Å². The topological polar surface area (TPSA) is 91.9 Å². The molecule has 0 aromatic heterocycles. The third-order valence-corrected chi connectivity index (χ3v) is 7.40. The van der Waals surface area contributed by atoms with E-state index in [1.165, 1.54) is 6.42 Å². The normalized spacial score (nSPS) is 28.8. The van der Waals surface area contributed by atoms with Gasteiger partial charge in [-0.15, -0.1) is 0 Å². The Hall–Kier alpha value is -3.06. The highest BCUT2D eigenvalue weighted by Gasteiger charge is 2.58. The van der Waals surface area contributed by atoms with Crippen molar-refractivity contribution in [3.63, 3.8) is 0 Å². The number of carbonyl (C=O) groups excluding carboxylic acids is 1. The third-order valence-electron chi connectivity index (χ3n) is 7.40. The maximum Gasteiger partial charge on any atom is 0.231 e. The number of amides is 1. The van der Waals surface area contributed by atoms with Crippen LogP contribution in [0.15, 0.2) is 42.5 Å². The van der Waals surface area contributed by atoms with Crippen LogP contribution in [0.3, 0.4) is 0 Å². The molecule has 0 radical (unpaired) electrons. The van der Waals surface area contributed by atoms with Crippen LogP contribution in [0.2, 0.25) is 0 Å². The number of amidine groups is 1. The molecule has 0 aliphatic carbocycles. The summed E-state index contributed by atoms with van der Waals surface area (Å²) in [7, 11) is 0. The average Bonchev–Trinajstić information content (AvgIpc) is 3.53. The van der Waals surface area contributed by atoms with E-state index in [0.29, 0.717) is 18.5 Å². The number of hydrogen-bond acceptors (Lipinski definition) is 5. The fraction of sp³-hybridized carbons (Fsp3) is 0.417. The lowest BCUT2D eigenvalue weighted by Crippen LogP contribution is -2.36. The summed E-state index contributed by atoms with van der Waals surface area (Å²) >= 11 is 0. The number of fused-ring (bicyclic) bond motifs is 4. The van der Waals surface area contributed by atoms with E-state index in [1.54, 1.807) is 0 Å². The standard InChI is InChI=1S/C24H26N4O3/c25-23(26)16-6-4-15(5-7-16)22-21-17(18-2-1-9-28(18)22)12-27(24(21)29)11-14-3-8-19-20(10-14)31-13-30-19/h3-8,10,17-18,21-22H,1-2,9,11-13H2,(H3,25,26)/t17-,18-,21-,22-/m0/s1. The minimum Gasteiger partial charge on any atom is -0.454 e. The summed E-state index contributed by atoms with van der Waals surface area (Å²) in [5, 5.41) is 7.65. The van der Waals surface area contributed by atoms with Gasteiger partial charge in [0.05, 0.1) is 5.92 Å². The Morgan fingerprint density at radius 1 is 1.13 bits per heavy atom. The maximum absolute atomic E-state index is 13.6. The van der Waals surface area contributed by atoms with Gasteiger partial charge in [-0.1, -0.05) is 30.3 Å². The first-order valence-electron chi connectivity index (χ1n) is 11.0. The molecular weight excluding hydrogens is 392 g/mol. The molecule has 4 aliphatic heterocycles. The fourth-order valence-electron chi connectivity index (χ4n) is 6.07. The van der Waals surface area contributed by atoms with E-state index < -0.39 is 0 Å². The van der Waals surface area contributed by atoms with Crippen molar-refractivity contribution in [2.75, 3.05) is 19.9 Å². The highest BCUT2D eigenvalue weighted by molar-refractivity contribution is 5.95. The highest BCUT2D eigenvalue weighted by atomic mass is 16.7. The van der Waals surface area contributed by atoms with E-state index in [-0.39, 0.29) is 30.5 Å². The zero-order valence-corrected chi connectivity index (χ0v) is 17.3. The highest BCUT2D eigenvalue weighted by Crippen LogP contribution is 2.52. The van der Waals surface area contributed by atoms with Crippen LogP contribution in [0.5, 0.6) is 11.5 Å². The largest absolute Gasteiger partial charge is 0.454 e. The number of nitrogens with one attached hydrogen (secondary N) is 1. The van der Waals surface area contributed by atoms with Gasteiger partial charge in [-0.25, -0.2) is 0 Å². The van der Waals surface area contributed by atoms with Gasteiger partial charge in [0.25, 0.3) is 0 Å². The van der Waals surface area contributed by atoms with Gasteiger partial charge in [0.1, 0.15) is 5.84 Å². The Morgan fingerprint density at radius 2 is 1.94 bits per heavy atom. The van der Waals surface area contributed by atoms with Gasteiger partial charge in [0.2, 0.25) is 12.7 Å². The number of rotatable bonds is 4. The molecule has 2 aromatic rings. The van der Waals surface area contributed by atoms with Crippen molar-refractivity contribution in [3.05, 3.63) is 59.2 Å². The van der Waals surface area contributed by atoms with Crippen LogP contribution in [0.25, 0.3) is 0 Å². The van der Waals surface area contributed by atoms with Gasteiger partial charge in [-0.2, -0.15) is 0 Å². The molecular formula is C24H26N4O3. The number of hydrogen-bond donors (Lipinski definition) is 2. The summed E-state index contributed by atoms with van der Waals surface area (Å²) in [6.45, 7) is 2.71. The first-order chi connectivity index (χ1) is 15.1. The first kappa shape index (κ1) is 18.7. The van der Waals surface area contributed by atoms with E-state index in [1.807, 2.05) is 47.4 Å². The van der Waals surface area contributed by atoms with Crippen molar-refractivity contribution in [3.8, 4) is 11.5 Å². The monoisotopic (exact) mass is 418 g/mol. The van der Waals surface area contributed by atoms with Crippen molar-refractivity contribution < 1.29 is 14.3 Å². The molecule has 3 saturated heterocycles. The maximum atomic E-state index is 13.6. The zero-order valence-electron chi connectivity index (χ0n) is 17.3. The van der Waals surface area contributed by atoms with Crippen LogP contribution in [0.4, 0.5) is 0 Å². The Balaban J connectivity index is 1.28. The summed E-state index contributed by atoms with van der Waals surface area (Å²) in [4.78, 5) is 18.2. The second-order valence-electron chi connectivity index (χ2n) is 9.02. The van der Waals surface area contributed by atoms with Crippen LogP contribution < -0.4 is 15.2 Å². The lowest BCUT2D eigenvalue weighted by atomic mass is 9.85. The molecule has 0 unspecified atom stereocenters. The van der Waals surface area contributed by atoms with E-state index in [9.17, 15) is 4.79 Å². The van der Waals surface area contributed by atoms with Crippen molar-refractivity contribution in [2.45, 2.75) is 31.5 Å². The van der Waals surface area contributed by atoms with Crippen molar-refractivity contribution in [1.82, 2.24) is 9.80 Å². The molecule has 31 heavy (non-hydrogen) atoms. The molecule has 1 amide bonds. The third kappa shape index (κ3) is 2.91. The summed E-state index contributed by atoms with van der Waals surface area (Å²) in [6.07, 6.45) is 2.35. The molecule has 7 nitrogen and oxygen atoms in total. The number of ether oxygens (including phenoxy) is 2. The molecule has 160 valence electrons. The lowest BCUT2D eigenvalue weighted by molar-refractivity contribution is -0.132. The number of nitrogens with zero attached hydrogens (tertiary/aromatic N) is 2. The number of benzene rings is 2. The molecule has 4 aliphatic rings. The summed E-state index contributed by atoms with van der Waals surface area (Å²) in [5.41, 5.74) is 8.58. The van der Waals surface area contributed by atoms with E-state index in [2.05, 4.69) is 4.90 Å².